The number of likely N-dealkylation sites (tertiary alicyclic amines) is 1. The maximum Gasteiger partial charge on any atom is 0.242 e. The van der Waals surface area contributed by atoms with E-state index in [4.69, 9.17) is 4.79 Å². The van der Waals surface area contributed by atoms with E-state index in [1.165, 1.54) is 31.9 Å². The first-order valence-electron chi connectivity index (χ1n) is 12.4. The van der Waals surface area contributed by atoms with Gasteiger partial charge in [-0.25, -0.2) is 4.39 Å². The number of amides is 2. The second-order valence-electron chi connectivity index (χ2n) is 9.24. The Morgan fingerprint density at radius 1 is 1.14 bits per heavy atom. The third kappa shape index (κ3) is 25.8. The molecule has 1 heterocycles. The van der Waals surface area contributed by atoms with Crippen LogP contribution in [0.5, 0.6) is 0 Å². The third-order valence-corrected chi connectivity index (χ3v) is 4.02. The number of rotatable bonds is 5. The molecule has 2 N–H and O–H groups in total. The monoisotopic (exact) mass is 495 g/mol. The number of halogens is 1. The summed E-state index contributed by atoms with van der Waals surface area (Å²) in [6.07, 6.45) is 6.02. The fourth-order valence-electron chi connectivity index (χ4n) is 2.53. The number of anilines is 1. The Morgan fingerprint density at radius 2 is 1.66 bits per heavy atom. The largest absolute Gasteiger partial charge is 0.376 e. The van der Waals surface area contributed by atoms with Gasteiger partial charge in [-0.15, -0.1) is 13.2 Å². The lowest BCUT2D eigenvalue weighted by molar-refractivity contribution is -0.129. The van der Waals surface area contributed by atoms with E-state index in [9.17, 15) is 14.0 Å². The van der Waals surface area contributed by atoms with Gasteiger partial charge in [-0.1, -0.05) is 47.6 Å². The molecule has 3 rings (SSSR count). The van der Waals surface area contributed by atoms with Crippen molar-refractivity contribution < 1.29 is 18.8 Å². The zero-order valence-corrected chi connectivity index (χ0v) is 23.3. The zero-order valence-electron chi connectivity index (χ0n) is 23.3. The van der Waals surface area contributed by atoms with Gasteiger partial charge in [-0.3, -0.25) is 9.59 Å². The highest BCUT2D eigenvalue weighted by molar-refractivity contribution is 5.81. The highest BCUT2D eigenvalue weighted by Gasteiger charge is 2.24. The number of nitrogens with one attached hydrogen (secondary N) is 2. The first-order valence-corrected chi connectivity index (χ1v) is 12.4. The highest BCUT2D eigenvalue weighted by atomic mass is 19.1. The van der Waals surface area contributed by atoms with Crippen LogP contribution >= 0.6 is 0 Å². The molecule has 2 fully saturated rings. The molecule has 202 valence electrons. The van der Waals surface area contributed by atoms with E-state index in [1.807, 2.05) is 18.7 Å². The molecule has 7 heteroatoms. The molecule has 1 aliphatic carbocycles. The minimum atomic E-state index is -0.294. The van der Waals surface area contributed by atoms with Gasteiger partial charge in [0.25, 0.3) is 0 Å². The van der Waals surface area contributed by atoms with E-state index >= 15 is 0 Å². The standard InChI is InChI=1S/C13H17FN2O.C5H12.C4H7NO.C2H4O.C2H6.C2H4/c1-10-4-3-7-16(10)13(17)9-15-12-6-2-5-11(14)8-12;1-5(2,3)4;6-3-5-4-1-2-4;1-2-3;2*1-2/h2,5-6,8,10,15H,3-4,7,9H2,1H3;1-4H3;3-4H,1-2H2,(H,5,6);2H,1H3;1-2H3;1-2H2/t10-;;;;;/m1...../s1. The van der Waals surface area contributed by atoms with E-state index in [2.05, 4.69) is 58.4 Å². The van der Waals surface area contributed by atoms with Gasteiger partial charge < -0.3 is 20.3 Å². The predicted octanol–water partition coefficient (Wildman–Crippen LogP) is 6.23. The Labute approximate surface area is 213 Å². The van der Waals surface area contributed by atoms with Crippen molar-refractivity contribution in [3.05, 3.63) is 43.2 Å². The molecule has 2 amide bonds. The fourth-order valence-corrected chi connectivity index (χ4v) is 2.53. The van der Waals surface area contributed by atoms with Crippen LogP contribution in [0.15, 0.2) is 37.4 Å². The second-order valence-corrected chi connectivity index (χ2v) is 9.24. The molecule has 2 aliphatic rings. The van der Waals surface area contributed by atoms with Crippen LogP contribution in [-0.4, -0.2) is 48.7 Å². The van der Waals surface area contributed by atoms with Crippen molar-refractivity contribution in [1.82, 2.24) is 10.2 Å². The summed E-state index contributed by atoms with van der Waals surface area (Å²) in [5.41, 5.74) is 1.14. The molecule has 1 saturated carbocycles. The predicted molar refractivity (Wildman–Crippen MR) is 147 cm³/mol. The SMILES string of the molecule is C=C.CC.CC(C)(C)C.CC=O.C[C@@H]1CCCN1C(=O)CNc1cccc(F)c1.O=CNC1CC1. The van der Waals surface area contributed by atoms with Crippen LogP contribution in [0.3, 0.4) is 0 Å². The molecule has 1 saturated heterocycles. The molecule has 0 bridgehead atoms. The van der Waals surface area contributed by atoms with E-state index < -0.39 is 0 Å². The summed E-state index contributed by atoms with van der Waals surface area (Å²) in [4.78, 5) is 32.1. The number of hydrogen-bond donors (Lipinski definition) is 2. The lowest BCUT2D eigenvalue weighted by Crippen LogP contribution is -2.37. The van der Waals surface area contributed by atoms with E-state index in [0.717, 1.165) is 32.1 Å². The summed E-state index contributed by atoms with van der Waals surface area (Å²) < 4.78 is 12.9. The number of nitrogens with zero attached hydrogens (tertiary/aromatic N) is 1. The lowest BCUT2D eigenvalue weighted by atomic mass is 10.0. The number of hydrogen-bond acceptors (Lipinski definition) is 4. The first kappa shape index (κ1) is 36.9. The summed E-state index contributed by atoms with van der Waals surface area (Å²) in [7, 11) is 0. The van der Waals surface area contributed by atoms with Crippen LogP contribution in [0.4, 0.5) is 10.1 Å². The summed E-state index contributed by atoms with van der Waals surface area (Å²) >= 11 is 0. The third-order valence-electron chi connectivity index (χ3n) is 4.02. The fraction of sp³-hybridized carbons (Fsp3) is 0.607. The maximum atomic E-state index is 12.9. The molecule has 0 radical (unpaired) electrons. The van der Waals surface area contributed by atoms with Crippen molar-refractivity contribution in [2.45, 2.75) is 93.2 Å². The second kappa shape index (κ2) is 23.1. The smallest absolute Gasteiger partial charge is 0.242 e. The molecule has 1 aromatic carbocycles. The number of carbonyl (C=O) groups is 3. The maximum absolute atomic E-state index is 12.9. The Kier molecular flexibility index (Phi) is 24.3. The van der Waals surface area contributed by atoms with Gasteiger partial charge in [0.15, 0.2) is 0 Å². The molecule has 6 nitrogen and oxygen atoms in total. The van der Waals surface area contributed by atoms with Crippen molar-refractivity contribution in [3.8, 4) is 0 Å². The van der Waals surface area contributed by atoms with Crippen molar-refractivity contribution in [2.75, 3.05) is 18.4 Å². The Hall–Kier alpha value is -2.70. The normalized spacial score (nSPS) is 15.2. The van der Waals surface area contributed by atoms with E-state index in [1.54, 1.807) is 12.1 Å². The molecular weight excluding hydrogens is 445 g/mol. The van der Waals surface area contributed by atoms with Gasteiger partial charge in [0.1, 0.15) is 12.1 Å². The van der Waals surface area contributed by atoms with Gasteiger partial charge >= 0.3 is 0 Å². The number of benzene rings is 1. The molecule has 1 atom stereocenters. The van der Waals surface area contributed by atoms with Crippen molar-refractivity contribution in [1.29, 1.82) is 0 Å². The Bertz CT molecular complexity index is 668. The van der Waals surface area contributed by atoms with Gasteiger partial charge in [0.2, 0.25) is 12.3 Å². The Morgan fingerprint density at radius 3 is 2.00 bits per heavy atom. The van der Waals surface area contributed by atoms with Gasteiger partial charge in [-0.2, -0.15) is 0 Å². The number of aldehydes is 1. The molecule has 0 unspecified atom stereocenters. The number of carbonyl (C=O) groups excluding carboxylic acids is 3. The van der Waals surface area contributed by atoms with Gasteiger partial charge in [0.05, 0.1) is 6.54 Å². The lowest BCUT2D eigenvalue weighted by Gasteiger charge is -2.21. The van der Waals surface area contributed by atoms with Crippen LogP contribution < -0.4 is 10.6 Å². The van der Waals surface area contributed by atoms with Crippen molar-refractivity contribution in [3.63, 3.8) is 0 Å². The average molecular weight is 496 g/mol. The van der Waals surface area contributed by atoms with Crippen LogP contribution in [0.2, 0.25) is 0 Å². The van der Waals surface area contributed by atoms with Gasteiger partial charge in [0, 0.05) is 24.3 Å². The van der Waals surface area contributed by atoms with Gasteiger partial charge in [-0.05, 0) is 63.1 Å². The molecular formula is C28H50FN3O3. The van der Waals surface area contributed by atoms with E-state index in [-0.39, 0.29) is 18.3 Å². The van der Waals surface area contributed by atoms with Crippen LogP contribution in [0.25, 0.3) is 0 Å². The summed E-state index contributed by atoms with van der Waals surface area (Å²) in [6, 6.07) is 7.01. The molecule has 0 aromatic heterocycles. The van der Waals surface area contributed by atoms with Crippen molar-refractivity contribution in [2.24, 2.45) is 5.41 Å². The van der Waals surface area contributed by atoms with Crippen LogP contribution in [0, 0.1) is 11.2 Å². The van der Waals surface area contributed by atoms with Crippen molar-refractivity contribution >= 4 is 24.3 Å². The quantitative estimate of drug-likeness (QED) is 0.375. The molecule has 1 aliphatic heterocycles. The zero-order chi connectivity index (χ0) is 27.9. The highest BCUT2D eigenvalue weighted by Crippen LogP contribution is 2.17. The van der Waals surface area contributed by atoms with E-state index in [0.29, 0.717) is 23.2 Å². The molecule has 35 heavy (non-hydrogen) atoms. The topological polar surface area (TPSA) is 78.5 Å². The molecule has 0 spiro atoms. The first-order chi connectivity index (χ1) is 16.5. The summed E-state index contributed by atoms with van der Waals surface area (Å²) in [5.74, 6) is -0.212. The summed E-state index contributed by atoms with van der Waals surface area (Å²) in [5, 5.41) is 5.59. The minimum Gasteiger partial charge on any atom is -0.376 e. The van der Waals surface area contributed by atoms with Crippen LogP contribution in [-0.2, 0) is 14.4 Å². The average Bonchev–Trinajstić information content (AvgIpc) is 3.52. The molecule has 1 aromatic rings. The Balaban J connectivity index is -0.000000468. The summed E-state index contributed by atoms with van der Waals surface area (Å²) in [6.45, 7) is 23.3. The van der Waals surface area contributed by atoms with Crippen LogP contribution in [0.1, 0.15) is 81.1 Å². The minimum absolute atomic E-state index is 0.0826.